The van der Waals surface area contributed by atoms with Crippen molar-refractivity contribution in [2.75, 3.05) is 13.7 Å². The predicted octanol–water partition coefficient (Wildman–Crippen LogP) is 8.15. The van der Waals surface area contributed by atoms with Crippen molar-refractivity contribution in [1.29, 1.82) is 0 Å². The first-order valence-electron chi connectivity index (χ1n) is 15.2. The first-order chi connectivity index (χ1) is 21.4. The molecule has 0 aliphatic carbocycles. The Morgan fingerprint density at radius 1 is 0.795 bits per heavy atom. The summed E-state index contributed by atoms with van der Waals surface area (Å²) in [5, 5.41) is 1.68. The molecule has 4 aromatic rings. The number of unbranched alkanes of at least 4 members (excludes halogenated alkanes) is 3. The molecule has 226 valence electrons. The van der Waals surface area contributed by atoms with Crippen LogP contribution in [-0.4, -0.2) is 40.9 Å². The van der Waals surface area contributed by atoms with E-state index >= 15 is 0 Å². The Morgan fingerprint density at radius 2 is 1.45 bits per heavy atom. The van der Waals surface area contributed by atoms with Crippen LogP contribution in [0.1, 0.15) is 54.1 Å². The van der Waals surface area contributed by atoms with Gasteiger partial charge in [0.05, 0.1) is 11.9 Å². The van der Waals surface area contributed by atoms with Crippen LogP contribution in [-0.2, 0) is 17.8 Å². The minimum absolute atomic E-state index is 0.0366. The second-order valence-electron chi connectivity index (χ2n) is 11.2. The predicted molar refractivity (Wildman–Crippen MR) is 178 cm³/mol. The van der Waals surface area contributed by atoms with E-state index in [9.17, 15) is 14.4 Å². The Hall–Kier alpha value is -4.36. The van der Waals surface area contributed by atoms with Crippen LogP contribution in [0.3, 0.4) is 0 Å². The number of ether oxygens (including phenoxy) is 1. The molecule has 1 unspecified atom stereocenters. The topological polar surface area (TPSA) is 75.7 Å². The standard InChI is InChI=1S/C37H38N2O4S/c1-3-4-5-6-22-43-33-20-18-29(19-21-33)28-14-16-31(17-15-28)36(41)39(2)25-27-8-7-9-32(23-27)30-12-10-26(11-13-30)24-34-35(40)38-37(42)44-34/h7-21,23,34H,3-6,22,24-25H2,1-2H3,(H,38,40,42). The largest absolute Gasteiger partial charge is 0.494 e. The maximum Gasteiger partial charge on any atom is 0.286 e. The lowest BCUT2D eigenvalue weighted by Crippen LogP contribution is -2.26. The fourth-order valence-corrected chi connectivity index (χ4v) is 6.12. The van der Waals surface area contributed by atoms with Crippen LogP contribution in [0.15, 0.2) is 97.1 Å². The van der Waals surface area contributed by atoms with Crippen LogP contribution in [0.5, 0.6) is 5.75 Å². The third kappa shape index (κ3) is 8.17. The third-order valence-electron chi connectivity index (χ3n) is 7.75. The molecule has 3 amide bonds. The second kappa shape index (κ2) is 14.9. The summed E-state index contributed by atoms with van der Waals surface area (Å²) in [4.78, 5) is 38.3. The van der Waals surface area contributed by atoms with E-state index in [0.29, 0.717) is 18.5 Å². The molecule has 6 nitrogen and oxygen atoms in total. The number of nitrogens with zero attached hydrogens (tertiary/aromatic N) is 1. The highest BCUT2D eigenvalue weighted by molar-refractivity contribution is 8.15. The average molecular weight is 607 g/mol. The fourth-order valence-electron chi connectivity index (χ4n) is 5.26. The molecule has 44 heavy (non-hydrogen) atoms. The van der Waals surface area contributed by atoms with Gasteiger partial charge in [-0.1, -0.05) is 105 Å². The van der Waals surface area contributed by atoms with Crippen molar-refractivity contribution in [3.8, 4) is 28.0 Å². The zero-order valence-corrected chi connectivity index (χ0v) is 26.1. The van der Waals surface area contributed by atoms with Gasteiger partial charge < -0.3 is 9.64 Å². The normalized spacial score (nSPS) is 14.4. The lowest BCUT2D eigenvalue weighted by atomic mass is 10.00. The highest BCUT2D eigenvalue weighted by atomic mass is 32.2. The van der Waals surface area contributed by atoms with Gasteiger partial charge in [0, 0.05) is 19.2 Å². The lowest BCUT2D eigenvalue weighted by Gasteiger charge is -2.18. The van der Waals surface area contributed by atoms with E-state index < -0.39 is 0 Å². The summed E-state index contributed by atoms with van der Waals surface area (Å²) < 4.78 is 5.86. The van der Waals surface area contributed by atoms with Gasteiger partial charge in [-0.15, -0.1) is 0 Å². The summed E-state index contributed by atoms with van der Waals surface area (Å²) in [5.74, 6) is 0.619. The smallest absolute Gasteiger partial charge is 0.286 e. The first kappa shape index (κ1) is 31.1. The summed E-state index contributed by atoms with van der Waals surface area (Å²) in [6.45, 7) is 3.43. The van der Waals surface area contributed by atoms with E-state index in [0.717, 1.165) is 63.9 Å². The van der Waals surface area contributed by atoms with Gasteiger partial charge in [0.2, 0.25) is 5.91 Å². The number of carbonyl (C=O) groups is 3. The molecular weight excluding hydrogens is 568 g/mol. The zero-order chi connectivity index (χ0) is 30.9. The molecule has 0 radical (unpaired) electrons. The van der Waals surface area contributed by atoms with Crippen molar-refractivity contribution >= 4 is 28.8 Å². The van der Waals surface area contributed by atoms with Crippen LogP contribution in [0.2, 0.25) is 0 Å². The van der Waals surface area contributed by atoms with Gasteiger partial charge in [0.25, 0.3) is 11.1 Å². The SMILES string of the molecule is CCCCCCOc1ccc(-c2ccc(C(=O)N(C)Cc3cccc(-c4ccc(CC5SC(=O)NC5=O)cc4)c3)cc2)cc1. The highest BCUT2D eigenvalue weighted by Gasteiger charge is 2.31. The molecule has 1 fully saturated rings. The van der Waals surface area contributed by atoms with E-state index in [2.05, 4.69) is 30.4 Å². The molecule has 0 saturated carbocycles. The monoisotopic (exact) mass is 606 g/mol. The van der Waals surface area contributed by atoms with Gasteiger partial charge in [-0.3, -0.25) is 19.7 Å². The van der Waals surface area contributed by atoms with Crippen molar-refractivity contribution in [3.63, 3.8) is 0 Å². The van der Waals surface area contributed by atoms with Gasteiger partial charge in [-0.05, 0) is 76.6 Å². The summed E-state index contributed by atoms with van der Waals surface area (Å²) >= 11 is 1.04. The highest BCUT2D eigenvalue weighted by Crippen LogP contribution is 2.27. The van der Waals surface area contributed by atoms with Crippen LogP contribution in [0, 0.1) is 0 Å². The molecule has 5 rings (SSSR count). The number of benzene rings is 4. The number of imide groups is 1. The van der Waals surface area contributed by atoms with E-state index in [1.807, 2.05) is 85.9 Å². The molecule has 1 heterocycles. The third-order valence-corrected chi connectivity index (χ3v) is 8.74. The van der Waals surface area contributed by atoms with Gasteiger partial charge >= 0.3 is 0 Å². The summed E-state index contributed by atoms with van der Waals surface area (Å²) in [6.07, 6.45) is 5.25. The van der Waals surface area contributed by atoms with Crippen LogP contribution in [0.25, 0.3) is 22.3 Å². The lowest BCUT2D eigenvalue weighted by molar-refractivity contribution is -0.118. The first-order valence-corrected chi connectivity index (χ1v) is 16.1. The molecule has 0 aromatic heterocycles. The fraction of sp³-hybridized carbons (Fsp3) is 0.270. The Morgan fingerprint density at radius 3 is 2.11 bits per heavy atom. The molecular formula is C37H38N2O4S. The molecule has 1 atom stereocenters. The van der Waals surface area contributed by atoms with E-state index in [-0.39, 0.29) is 22.3 Å². The Bertz CT molecular complexity index is 1580. The van der Waals surface area contributed by atoms with E-state index in [4.69, 9.17) is 4.74 Å². The number of rotatable bonds is 13. The molecule has 1 aliphatic heterocycles. The van der Waals surface area contributed by atoms with E-state index in [1.54, 1.807) is 4.90 Å². The maximum atomic E-state index is 13.2. The number of amides is 3. The minimum Gasteiger partial charge on any atom is -0.494 e. The minimum atomic E-state index is -0.377. The number of thioether (sulfide) groups is 1. The van der Waals surface area contributed by atoms with Gasteiger partial charge in [0.15, 0.2) is 0 Å². The second-order valence-corrected chi connectivity index (χ2v) is 12.3. The number of hydrogen-bond donors (Lipinski definition) is 1. The van der Waals surface area contributed by atoms with Crippen molar-refractivity contribution in [2.45, 2.75) is 50.8 Å². The average Bonchev–Trinajstić information content (AvgIpc) is 3.37. The van der Waals surface area contributed by atoms with Crippen molar-refractivity contribution < 1.29 is 19.1 Å². The van der Waals surface area contributed by atoms with Crippen LogP contribution < -0.4 is 10.1 Å². The number of carbonyl (C=O) groups excluding carboxylic acids is 3. The van der Waals surface area contributed by atoms with E-state index in [1.165, 1.54) is 19.3 Å². The Balaban J connectivity index is 1.16. The zero-order valence-electron chi connectivity index (χ0n) is 25.3. The van der Waals surface area contributed by atoms with Gasteiger partial charge in [0.1, 0.15) is 5.75 Å². The molecule has 0 bridgehead atoms. The van der Waals surface area contributed by atoms with Crippen LogP contribution in [0.4, 0.5) is 4.79 Å². The summed E-state index contributed by atoms with van der Waals surface area (Å²) in [5.41, 5.74) is 6.91. The van der Waals surface area contributed by atoms with Crippen LogP contribution >= 0.6 is 11.8 Å². The van der Waals surface area contributed by atoms with Gasteiger partial charge in [-0.25, -0.2) is 0 Å². The molecule has 0 spiro atoms. The summed E-state index contributed by atoms with van der Waals surface area (Å²) in [7, 11) is 1.82. The van der Waals surface area contributed by atoms with Crippen molar-refractivity contribution in [3.05, 3.63) is 114 Å². The molecule has 1 saturated heterocycles. The summed E-state index contributed by atoms with van der Waals surface area (Å²) in [6, 6.07) is 32.1. The quantitative estimate of drug-likeness (QED) is 0.156. The van der Waals surface area contributed by atoms with Gasteiger partial charge in [-0.2, -0.15) is 0 Å². The Kier molecular flexibility index (Phi) is 10.5. The maximum absolute atomic E-state index is 13.2. The molecule has 7 heteroatoms. The molecule has 1 aliphatic rings. The number of nitrogens with one attached hydrogen (secondary N) is 1. The van der Waals surface area contributed by atoms with Crippen molar-refractivity contribution in [1.82, 2.24) is 10.2 Å². The number of hydrogen-bond acceptors (Lipinski definition) is 5. The molecule has 4 aromatic carbocycles. The Labute approximate surface area is 263 Å². The molecule has 1 N–H and O–H groups in total. The van der Waals surface area contributed by atoms with Crippen molar-refractivity contribution in [2.24, 2.45) is 0 Å².